The van der Waals surface area contributed by atoms with Crippen LogP contribution in [0.4, 0.5) is 0 Å². The first-order valence-electron chi connectivity index (χ1n) is 2.89. The van der Waals surface area contributed by atoms with E-state index in [4.69, 9.17) is 5.11 Å². The molecule has 0 aromatic heterocycles. The molecule has 1 N–H and O–H groups in total. The van der Waals surface area contributed by atoms with Crippen LogP contribution in [0.15, 0.2) is 0 Å². The van der Waals surface area contributed by atoms with Gasteiger partial charge in [-0.25, -0.2) is 0 Å². The van der Waals surface area contributed by atoms with Crippen LogP contribution in [0.25, 0.3) is 0 Å². The lowest BCUT2D eigenvalue weighted by molar-refractivity contribution is -0.139. The van der Waals surface area contributed by atoms with E-state index in [-0.39, 0.29) is 0 Å². The fourth-order valence-corrected chi connectivity index (χ4v) is 0.317. The van der Waals surface area contributed by atoms with Crippen LogP contribution >= 0.6 is 0 Å². The van der Waals surface area contributed by atoms with Crippen molar-refractivity contribution in [3.05, 3.63) is 0 Å². The molecule has 0 aromatic carbocycles. The fraction of sp³-hybridized carbons (Fsp3) is 0.571. The predicted molar refractivity (Wildman–Crippen MR) is 34.9 cm³/mol. The highest BCUT2D eigenvalue weighted by Gasteiger charge is 2.04. The summed E-state index contributed by atoms with van der Waals surface area (Å²) < 4.78 is 0. The minimum absolute atomic E-state index is 0.523. The van der Waals surface area contributed by atoms with Crippen molar-refractivity contribution in [2.75, 3.05) is 0 Å². The number of carboxylic acids is 1. The summed E-state index contributed by atoms with van der Waals surface area (Å²) >= 11 is 0. The van der Waals surface area contributed by atoms with E-state index in [1.165, 1.54) is 0 Å². The van der Waals surface area contributed by atoms with E-state index in [9.17, 15) is 4.79 Å². The Kier molecular flexibility index (Phi) is 3.54. The lowest BCUT2D eigenvalue weighted by atomic mass is 10.2. The number of carboxylic acid groups (broad SMARTS) is 1. The minimum atomic E-state index is -0.851. The molecule has 0 aromatic rings. The van der Waals surface area contributed by atoms with Crippen molar-refractivity contribution < 1.29 is 9.90 Å². The van der Waals surface area contributed by atoms with E-state index in [2.05, 4.69) is 11.8 Å². The third-order valence-corrected chi connectivity index (χ3v) is 0.866. The van der Waals surface area contributed by atoms with Crippen LogP contribution in [0.3, 0.4) is 0 Å². The van der Waals surface area contributed by atoms with Crippen LogP contribution in [0.5, 0.6) is 0 Å². The molecule has 1 atom stereocenters. The van der Waals surface area contributed by atoms with E-state index in [1.54, 1.807) is 6.92 Å². The lowest BCUT2D eigenvalue weighted by Crippen LogP contribution is -2.05. The standard InChI is InChI=1S/C7H10O2/c1-3-4-5-6(2)7(8)9/h6H,3H2,1-2H3,(H,8,9). The quantitative estimate of drug-likeness (QED) is 0.534. The van der Waals surface area contributed by atoms with Crippen molar-refractivity contribution in [3.63, 3.8) is 0 Å². The van der Waals surface area contributed by atoms with Crippen molar-refractivity contribution in [1.82, 2.24) is 0 Å². The molecule has 0 radical (unpaired) electrons. The Hall–Kier alpha value is -0.970. The van der Waals surface area contributed by atoms with Crippen molar-refractivity contribution in [2.24, 2.45) is 5.92 Å². The van der Waals surface area contributed by atoms with Crippen LogP contribution < -0.4 is 0 Å². The van der Waals surface area contributed by atoms with Crippen LogP contribution in [0.2, 0.25) is 0 Å². The summed E-state index contributed by atoms with van der Waals surface area (Å²) in [7, 11) is 0. The first-order chi connectivity index (χ1) is 4.18. The van der Waals surface area contributed by atoms with Gasteiger partial charge in [-0.3, -0.25) is 4.79 Å². The maximum absolute atomic E-state index is 10.1. The van der Waals surface area contributed by atoms with Gasteiger partial charge >= 0.3 is 5.97 Å². The molecular weight excluding hydrogens is 116 g/mol. The maximum Gasteiger partial charge on any atom is 0.318 e. The zero-order valence-electron chi connectivity index (χ0n) is 5.64. The maximum atomic E-state index is 10.1. The highest BCUT2D eigenvalue weighted by Crippen LogP contribution is 1.90. The zero-order valence-corrected chi connectivity index (χ0v) is 5.64. The second-order valence-corrected chi connectivity index (χ2v) is 1.73. The lowest BCUT2D eigenvalue weighted by Gasteiger charge is -1.90. The molecule has 0 aliphatic heterocycles. The largest absolute Gasteiger partial charge is 0.480 e. The first-order valence-corrected chi connectivity index (χ1v) is 2.89. The Labute approximate surface area is 54.9 Å². The monoisotopic (exact) mass is 126 g/mol. The van der Waals surface area contributed by atoms with Crippen molar-refractivity contribution >= 4 is 5.97 Å². The average molecular weight is 126 g/mol. The Balaban J connectivity index is 3.75. The number of hydrogen-bond donors (Lipinski definition) is 1. The van der Waals surface area contributed by atoms with E-state index in [0.29, 0.717) is 0 Å². The number of rotatable bonds is 1. The van der Waals surface area contributed by atoms with Gasteiger partial charge in [-0.05, 0) is 6.92 Å². The topological polar surface area (TPSA) is 37.3 Å². The molecule has 50 valence electrons. The summed E-state index contributed by atoms with van der Waals surface area (Å²) in [6, 6.07) is 0. The molecule has 0 aliphatic carbocycles. The second-order valence-electron chi connectivity index (χ2n) is 1.73. The van der Waals surface area contributed by atoms with Gasteiger partial charge in [-0.1, -0.05) is 12.8 Å². The molecular formula is C7H10O2. The van der Waals surface area contributed by atoms with Gasteiger partial charge in [0.2, 0.25) is 0 Å². The minimum Gasteiger partial charge on any atom is -0.480 e. The van der Waals surface area contributed by atoms with Crippen LogP contribution in [-0.2, 0) is 4.79 Å². The summed E-state index contributed by atoms with van der Waals surface area (Å²) in [4.78, 5) is 10.1. The van der Waals surface area contributed by atoms with Crippen molar-refractivity contribution in [1.29, 1.82) is 0 Å². The van der Waals surface area contributed by atoms with Crippen molar-refractivity contribution in [3.8, 4) is 11.8 Å². The van der Waals surface area contributed by atoms with E-state index < -0.39 is 11.9 Å². The summed E-state index contributed by atoms with van der Waals surface area (Å²) in [5.74, 6) is 3.91. The number of hydrogen-bond acceptors (Lipinski definition) is 1. The Morgan fingerprint density at radius 1 is 1.78 bits per heavy atom. The SMILES string of the molecule is CCC#CC(C)C(=O)O. The highest BCUT2D eigenvalue weighted by molar-refractivity contribution is 5.72. The summed E-state index contributed by atoms with van der Waals surface area (Å²) in [5.41, 5.74) is 0. The van der Waals surface area contributed by atoms with E-state index in [1.807, 2.05) is 6.92 Å². The van der Waals surface area contributed by atoms with Crippen LogP contribution in [0, 0.1) is 17.8 Å². The predicted octanol–water partition coefficient (Wildman–Crippen LogP) is 1.12. The van der Waals surface area contributed by atoms with Gasteiger partial charge in [0.1, 0.15) is 5.92 Å². The zero-order chi connectivity index (χ0) is 7.28. The molecule has 2 heteroatoms. The van der Waals surface area contributed by atoms with Gasteiger partial charge in [-0.2, -0.15) is 0 Å². The van der Waals surface area contributed by atoms with Gasteiger partial charge in [0.25, 0.3) is 0 Å². The molecule has 0 amide bonds. The van der Waals surface area contributed by atoms with Crippen LogP contribution in [-0.4, -0.2) is 11.1 Å². The highest BCUT2D eigenvalue weighted by atomic mass is 16.4. The molecule has 9 heavy (non-hydrogen) atoms. The smallest absolute Gasteiger partial charge is 0.318 e. The normalized spacial score (nSPS) is 11.3. The van der Waals surface area contributed by atoms with Gasteiger partial charge in [-0.15, -0.1) is 5.92 Å². The molecule has 2 nitrogen and oxygen atoms in total. The van der Waals surface area contributed by atoms with Crippen LogP contribution in [0.1, 0.15) is 20.3 Å². The number of carbonyl (C=O) groups is 1. The summed E-state index contributed by atoms with van der Waals surface area (Å²) in [5, 5.41) is 8.31. The molecule has 0 saturated heterocycles. The molecule has 0 aliphatic rings. The first kappa shape index (κ1) is 8.03. The molecule has 1 unspecified atom stereocenters. The number of aliphatic carboxylic acids is 1. The Morgan fingerprint density at radius 3 is 2.67 bits per heavy atom. The molecule has 0 bridgehead atoms. The summed E-state index contributed by atoms with van der Waals surface area (Å²) in [6.45, 7) is 3.46. The van der Waals surface area contributed by atoms with Gasteiger partial charge in [0, 0.05) is 6.42 Å². The van der Waals surface area contributed by atoms with E-state index in [0.717, 1.165) is 6.42 Å². The van der Waals surface area contributed by atoms with Crippen molar-refractivity contribution in [2.45, 2.75) is 20.3 Å². The van der Waals surface area contributed by atoms with Gasteiger partial charge < -0.3 is 5.11 Å². The molecule has 0 rings (SSSR count). The van der Waals surface area contributed by atoms with E-state index >= 15 is 0 Å². The Bertz CT molecular complexity index is 150. The third kappa shape index (κ3) is 3.60. The molecule has 0 saturated carbocycles. The molecule has 0 heterocycles. The average Bonchev–Trinajstić information content (AvgIpc) is 1.82. The second kappa shape index (κ2) is 3.96. The molecule has 0 fully saturated rings. The Morgan fingerprint density at radius 2 is 2.33 bits per heavy atom. The summed E-state index contributed by atoms with van der Waals surface area (Å²) in [6.07, 6.45) is 0.720. The van der Waals surface area contributed by atoms with Gasteiger partial charge in [0.05, 0.1) is 0 Å². The molecule has 0 spiro atoms. The third-order valence-electron chi connectivity index (χ3n) is 0.866. The fourth-order valence-electron chi connectivity index (χ4n) is 0.317. The van der Waals surface area contributed by atoms with Gasteiger partial charge in [0.15, 0.2) is 0 Å².